The second kappa shape index (κ2) is 5.54. The number of hydrogen-bond donors (Lipinski definition) is 1. The largest absolute Gasteiger partial charge is 0.490 e. The number of nitrogens with two attached hydrogens (primary N) is 1. The van der Waals surface area contributed by atoms with Crippen LogP contribution in [0.5, 0.6) is 5.75 Å². The second-order valence-corrected chi connectivity index (χ2v) is 4.95. The third kappa shape index (κ3) is 3.02. The molecule has 1 fully saturated rings. The van der Waals surface area contributed by atoms with Gasteiger partial charge in [0.05, 0.1) is 12.7 Å². The van der Waals surface area contributed by atoms with Crippen molar-refractivity contribution in [2.24, 2.45) is 11.7 Å². The van der Waals surface area contributed by atoms with E-state index in [4.69, 9.17) is 15.7 Å². The van der Waals surface area contributed by atoms with Gasteiger partial charge in [-0.05, 0) is 37.3 Å². The maximum Gasteiger partial charge on any atom is 0.165 e. The lowest BCUT2D eigenvalue weighted by Crippen LogP contribution is -2.42. The number of ether oxygens (including phenoxy) is 1. The van der Waals surface area contributed by atoms with Crippen molar-refractivity contribution in [3.05, 3.63) is 29.8 Å². The first kappa shape index (κ1) is 13.8. The van der Waals surface area contributed by atoms with Gasteiger partial charge in [-0.1, -0.05) is 6.42 Å². The van der Waals surface area contributed by atoms with Gasteiger partial charge in [0, 0.05) is 6.07 Å². The Kier molecular flexibility index (Phi) is 4.01. The van der Waals surface area contributed by atoms with Crippen LogP contribution in [0.4, 0.5) is 8.78 Å². The summed E-state index contributed by atoms with van der Waals surface area (Å²) < 4.78 is 31.5. The van der Waals surface area contributed by atoms with E-state index >= 15 is 0 Å². The molecule has 0 radical (unpaired) electrons. The van der Waals surface area contributed by atoms with Crippen LogP contribution in [0.1, 0.15) is 25.7 Å². The summed E-state index contributed by atoms with van der Waals surface area (Å²) in [7, 11) is 0. The number of nitriles is 1. The average molecular weight is 266 g/mol. The molecule has 1 aromatic rings. The van der Waals surface area contributed by atoms with Crippen LogP contribution in [-0.4, -0.2) is 12.1 Å². The topological polar surface area (TPSA) is 59.0 Å². The van der Waals surface area contributed by atoms with Gasteiger partial charge in [-0.2, -0.15) is 5.26 Å². The van der Waals surface area contributed by atoms with Crippen LogP contribution in [0.15, 0.2) is 18.2 Å². The summed E-state index contributed by atoms with van der Waals surface area (Å²) in [5.74, 6) is -1.18. The summed E-state index contributed by atoms with van der Waals surface area (Å²) in [4.78, 5) is 0. The molecule has 0 aliphatic heterocycles. The third-order valence-electron chi connectivity index (χ3n) is 3.70. The van der Waals surface area contributed by atoms with Crippen LogP contribution in [0.25, 0.3) is 0 Å². The van der Waals surface area contributed by atoms with E-state index in [2.05, 4.69) is 6.07 Å². The number of halogens is 2. The first-order valence-electron chi connectivity index (χ1n) is 6.33. The molecule has 0 amide bonds. The van der Waals surface area contributed by atoms with E-state index in [1.807, 2.05) is 0 Å². The summed E-state index contributed by atoms with van der Waals surface area (Å²) in [6, 6.07) is 5.24. The number of rotatable bonds is 4. The molecule has 0 bridgehead atoms. The van der Waals surface area contributed by atoms with Gasteiger partial charge in [0.25, 0.3) is 0 Å². The number of nitrogens with zero attached hydrogens (tertiary/aromatic N) is 1. The first-order valence-corrected chi connectivity index (χ1v) is 6.33. The van der Waals surface area contributed by atoms with Crippen LogP contribution in [0.2, 0.25) is 0 Å². The van der Waals surface area contributed by atoms with E-state index in [1.165, 1.54) is 0 Å². The van der Waals surface area contributed by atoms with E-state index in [1.54, 1.807) is 0 Å². The number of benzene rings is 1. The molecule has 3 nitrogen and oxygen atoms in total. The quantitative estimate of drug-likeness (QED) is 0.911. The van der Waals surface area contributed by atoms with Crippen LogP contribution in [0, 0.1) is 28.9 Å². The SMILES string of the molecule is N#CC1(N)CCCC1CCOc1cc(F)ccc1F. The fourth-order valence-electron chi connectivity index (χ4n) is 2.55. The van der Waals surface area contributed by atoms with Crippen molar-refractivity contribution in [1.82, 2.24) is 0 Å². The molecule has 1 aliphatic carbocycles. The zero-order valence-electron chi connectivity index (χ0n) is 10.5. The highest BCUT2D eigenvalue weighted by Gasteiger charge is 2.39. The van der Waals surface area contributed by atoms with Crippen LogP contribution < -0.4 is 10.5 Å². The Bertz CT molecular complexity index is 501. The highest BCUT2D eigenvalue weighted by atomic mass is 19.1. The molecule has 1 aromatic carbocycles. The Hall–Kier alpha value is -1.67. The van der Waals surface area contributed by atoms with Gasteiger partial charge in [0.1, 0.15) is 11.4 Å². The summed E-state index contributed by atoms with van der Waals surface area (Å²) in [5, 5.41) is 9.07. The Morgan fingerprint density at radius 2 is 2.26 bits per heavy atom. The summed E-state index contributed by atoms with van der Waals surface area (Å²) in [6.45, 7) is 0.228. The van der Waals surface area contributed by atoms with Crippen LogP contribution >= 0.6 is 0 Å². The molecule has 0 saturated heterocycles. The van der Waals surface area contributed by atoms with Gasteiger partial charge in [0.2, 0.25) is 0 Å². The first-order chi connectivity index (χ1) is 9.05. The Morgan fingerprint density at radius 3 is 3.00 bits per heavy atom. The highest BCUT2D eigenvalue weighted by Crippen LogP contribution is 2.35. The third-order valence-corrected chi connectivity index (χ3v) is 3.70. The maximum atomic E-state index is 13.3. The Balaban J connectivity index is 1.90. The lowest BCUT2D eigenvalue weighted by molar-refractivity contribution is 0.245. The summed E-state index contributed by atoms with van der Waals surface area (Å²) in [6.07, 6.45) is 3.05. The molecule has 102 valence electrons. The van der Waals surface area contributed by atoms with Crippen LogP contribution in [0.3, 0.4) is 0 Å². The fourth-order valence-corrected chi connectivity index (χ4v) is 2.55. The molecular weight excluding hydrogens is 250 g/mol. The van der Waals surface area contributed by atoms with Crippen molar-refractivity contribution in [1.29, 1.82) is 5.26 Å². The van der Waals surface area contributed by atoms with E-state index in [0.717, 1.165) is 31.0 Å². The van der Waals surface area contributed by atoms with Crippen molar-refractivity contribution in [2.45, 2.75) is 31.2 Å². The van der Waals surface area contributed by atoms with Gasteiger partial charge in [-0.3, -0.25) is 0 Å². The van der Waals surface area contributed by atoms with Gasteiger partial charge in [-0.25, -0.2) is 8.78 Å². The van der Waals surface area contributed by atoms with E-state index < -0.39 is 17.2 Å². The van der Waals surface area contributed by atoms with E-state index in [-0.39, 0.29) is 18.3 Å². The smallest absolute Gasteiger partial charge is 0.165 e. The van der Waals surface area contributed by atoms with Crippen molar-refractivity contribution >= 4 is 0 Å². The standard InChI is InChI=1S/C14H16F2N2O/c15-11-3-4-12(16)13(8-11)19-7-5-10-2-1-6-14(10,18)9-17/h3-4,8,10H,1-2,5-7,18H2. The molecule has 2 unspecified atom stereocenters. The van der Waals surface area contributed by atoms with Gasteiger partial charge in [0.15, 0.2) is 11.6 Å². The van der Waals surface area contributed by atoms with Crippen molar-refractivity contribution in [2.75, 3.05) is 6.61 Å². The average Bonchev–Trinajstić information content (AvgIpc) is 2.76. The molecule has 0 spiro atoms. The van der Waals surface area contributed by atoms with E-state index in [9.17, 15) is 8.78 Å². The monoisotopic (exact) mass is 266 g/mol. The summed E-state index contributed by atoms with van der Waals surface area (Å²) >= 11 is 0. The molecule has 2 atom stereocenters. The van der Waals surface area contributed by atoms with Crippen molar-refractivity contribution < 1.29 is 13.5 Å². The predicted octanol–water partition coefficient (Wildman–Crippen LogP) is 2.75. The van der Waals surface area contributed by atoms with Gasteiger partial charge >= 0.3 is 0 Å². The van der Waals surface area contributed by atoms with Gasteiger partial charge < -0.3 is 10.5 Å². The molecule has 0 aromatic heterocycles. The van der Waals surface area contributed by atoms with Crippen molar-refractivity contribution in [3.8, 4) is 11.8 Å². The van der Waals surface area contributed by atoms with Crippen LogP contribution in [-0.2, 0) is 0 Å². The molecule has 2 N–H and O–H groups in total. The number of hydrogen-bond acceptors (Lipinski definition) is 3. The minimum Gasteiger partial charge on any atom is -0.490 e. The lowest BCUT2D eigenvalue weighted by Gasteiger charge is -2.23. The second-order valence-electron chi connectivity index (χ2n) is 4.95. The van der Waals surface area contributed by atoms with Gasteiger partial charge in [-0.15, -0.1) is 0 Å². The predicted molar refractivity (Wildman–Crippen MR) is 66.3 cm³/mol. The summed E-state index contributed by atoms with van der Waals surface area (Å²) in [5.41, 5.74) is 5.18. The zero-order chi connectivity index (χ0) is 13.9. The minimum atomic E-state index is -0.802. The molecule has 5 heteroatoms. The molecule has 0 heterocycles. The molecule has 1 saturated carbocycles. The Labute approximate surface area is 111 Å². The fraction of sp³-hybridized carbons (Fsp3) is 0.500. The zero-order valence-corrected chi connectivity index (χ0v) is 10.5. The molecule has 19 heavy (non-hydrogen) atoms. The van der Waals surface area contributed by atoms with Crippen molar-refractivity contribution in [3.63, 3.8) is 0 Å². The molecule has 1 aliphatic rings. The normalized spacial score (nSPS) is 26.1. The van der Waals surface area contributed by atoms with E-state index in [0.29, 0.717) is 12.8 Å². The lowest BCUT2D eigenvalue weighted by atomic mass is 9.87. The molecule has 2 rings (SSSR count). The minimum absolute atomic E-state index is 0.0501. The molecular formula is C14H16F2N2O. The maximum absolute atomic E-state index is 13.3. The highest BCUT2D eigenvalue weighted by molar-refractivity contribution is 5.24. The Morgan fingerprint density at radius 1 is 1.47 bits per heavy atom.